The molecule has 0 aliphatic heterocycles. The molecule has 3 aromatic rings. The molecule has 0 radical (unpaired) electrons. The lowest BCUT2D eigenvalue weighted by molar-refractivity contribution is -0.113. The van der Waals surface area contributed by atoms with E-state index >= 15 is 0 Å². The Morgan fingerprint density at radius 3 is 2.68 bits per heavy atom. The van der Waals surface area contributed by atoms with Crippen LogP contribution in [0.1, 0.15) is 25.3 Å². The van der Waals surface area contributed by atoms with Crippen molar-refractivity contribution in [2.75, 3.05) is 11.1 Å². The predicted octanol–water partition coefficient (Wildman–Crippen LogP) is 3.99. The second-order valence-electron chi connectivity index (χ2n) is 5.73. The van der Waals surface area contributed by atoms with Crippen LogP contribution in [0.15, 0.2) is 58.4 Å². The molecule has 0 aliphatic rings. The molecular formula is C18H18N4O2S. The zero-order chi connectivity index (χ0) is 17.6. The summed E-state index contributed by atoms with van der Waals surface area (Å²) in [6.07, 6.45) is 3.32. The molecule has 0 atom stereocenters. The van der Waals surface area contributed by atoms with Crippen molar-refractivity contribution in [3.05, 3.63) is 54.4 Å². The molecule has 25 heavy (non-hydrogen) atoms. The predicted molar refractivity (Wildman–Crippen MR) is 97.4 cm³/mol. The highest BCUT2D eigenvalue weighted by atomic mass is 32.2. The van der Waals surface area contributed by atoms with E-state index < -0.39 is 0 Å². The zero-order valence-electron chi connectivity index (χ0n) is 14.0. The van der Waals surface area contributed by atoms with Crippen LogP contribution < -0.4 is 5.32 Å². The fourth-order valence-corrected chi connectivity index (χ4v) is 2.71. The van der Waals surface area contributed by atoms with Gasteiger partial charge in [-0.2, -0.15) is 0 Å². The highest BCUT2D eigenvalue weighted by Crippen LogP contribution is 2.23. The number of hydrogen-bond donors (Lipinski definition) is 1. The van der Waals surface area contributed by atoms with Crippen LogP contribution >= 0.6 is 11.8 Å². The Balaban J connectivity index is 1.53. The summed E-state index contributed by atoms with van der Waals surface area (Å²) >= 11 is 1.20. The molecule has 0 saturated heterocycles. The molecule has 0 aliphatic carbocycles. The lowest BCUT2D eigenvalue weighted by Gasteiger charge is -2.07. The van der Waals surface area contributed by atoms with Crippen LogP contribution in [-0.4, -0.2) is 26.8 Å². The summed E-state index contributed by atoms with van der Waals surface area (Å²) in [6.45, 7) is 4.27. The van der Waals surface area contributed by atoms with Gasteiger partial charge in [0, 0.05) is 18.1 Å². The molecule has 0 bridgehead atoms. The van der Waals surface area contributed by atoms with Gasteiger partial charge in [-0.3, -0.25) is 9.78 Å². The van der Waals surface area contributed by atoms with Crippen LogP contribution in [0.3, 0.4) is 0 Å². The Kier molecular flexibility index (Phi) is 5.45. The fourth-order valence-electron chi connectivity index (χ4n) is 2.15. The van der Waals surface area contributed by atoms with Crippen molar-refractivity contribution in [1.82, 2.24) is 15.2 Å². The maximum Gasteiger partial charge on any atom is 0.277 e. The first-order valence-corrected chi connectivity index (χ1v) is 8.87. The zero-order valence-corrected chi connectivity index (χ0v) is 14.8. The highest BCUT2D eigenvalue weighted by molar-refractivity contribution is 7.99. The van der Waals surface area contributed by atoms with Gasteiger partial charge in [-0.05, 0) is 35.7 Å². The number of benzene rings is 1. The number of anilines is 1. The molecule has 2 heterocycles. The van der Waals surface area contributed by atoms with E-state index in [2.05, 4.69) is 34.3 Å². The van der Waals surface area contributed by atoms with Gasteiger partial charge < -0.3 is 9.73 Å². The lowest BCUT2D eigenvalue weighted by atomic mass is 10.0. The number of carbonyl (C=O) groups is 1. The second-order valence-corrected chi connectivity index (χ2v) is 6.65. The van der Waals surface area contributed by atoms with Crippen molar-refractivity contribution >= 4 is 23.4 Å². The monoisotopic (exact) mass is 354 g/mol. The van der Waals surface area contributed by atoms with Crippen molar-refractivity contribution < 1.29 is 9.21 Å². The van der Waals surface area contributed by atoms with Crippen LogP contribution in [0.4, 0.5) is 5.69 Å². The van der Waals surface area contributed by atoms with Crippen LogP contribution in [0.25, 0.3) is 11.5 Å². The lowest BCUT2D eigenvalue weighted by Crippen LogP contribution is -2.14. The molecular weight excluding hydrogens is 336 g/mol. The maximum atomic E-state index is 12.0. The average Bonchev–Trinajstić information content (AvgIpc) is 3.10. The SMILES string of the molecule is CC(C)c1ccc(NC(=O)CSc2nnc(-c3cccnc3)o2)cc1. The van der Waals surface area contributed by atoms with E-state index in [0.29, 0.717) is 17.0 Å². The van der Waals surface area contributed by atoms with Gasteiger partial charge in [0.05, 0.1) is 11.3 Å². The van der Waals surface area contributed by atoms with Crippen molar-refractivity contribution in [2.45, 2.75) is 25.0 Å². The molecule has 0 unspecified atom stereocenters. The number of pyridine rings is 1. The molecule has 1 N–H and O–H groups in total. The van der Waals surface area contributed by atoms with Gasteiger partial charge in [0.1, 0.15) is 0 Å². The number of amides is 1. The van der Waals surface area contributed by atoms with Gasteiger partial charge in [-0.15, -0.1) is 10.2 Å². The van der Waals surface area contributed by atoms with E-state index in [1.165, 1.54) is 17.3 Å². The summed E-state index contributed by atoms with van der Waals surface area (Å²) in [7, 11) is 0. The molecule has 3 rings (SSSR count). The normalized spacial score (nSPS) is 10.8. The number of thioether (sulfide) groups is 1. The molecule has 0 spiro atoms. The summed E-state index contributed by atoms with van der Waals surface area (Å²) in [4.78, 5) is 16.1. The van der Waals surface area contributed by atoms with Crippen LogP contribution in [-0.2, 0) is 4.79 Å². The van der Waals surface area contributed by atoms with Crippen LogP contribution in [0, 0.1) is 0 Å². The second kappa shape index (κ2) is 7.94. The van der Waals surface area contributed by atoms with Gasteiger partial charge >= 0.3 is 0 Å². The van der Waals surface area contributed by atoms with E-state index in [-0.39, 0.29) is 11.7 Å². The van der Waals surface area contributed by atoms with E-state index in [9.17, 15) is 4.79 Å². The maximum absolute atomic E-state index is 12.0. The van der Waals surface area contributed by atoms with E-state index in [1.807, 2.05) is 30.3 Å². The summed E-state index contributed by atoms with van der Waals surface area (Å²) in [6, 6.07) is 11.5. The topological polar surface area (TPSA) is 80.9 Å². The van der Waals surface area contributed by atoms with Crippen molar-refractivity contribution in [2.24, 2.45) is 0 Å². The van der Waals surface area contributed by atoms with Crippen molar-refractivity contribution in [3.63, 3.8) is 0 Å². The van der Waals surface area contributed by atoms with Crippen molar-refractivity contribution in [3.8, 4) is 11.5 Å². The van der Waals surface area contributed by atoms with Crippen LogP contribution in [0.2, 0.25) is 0 Å². The first-order chi connectivity index (χ1) is 12.1. The molecule has 0 saturated carbocycles. The first-order valence-electron chi connectivity index (χ1n) is 7.88. The van der Waals surface area contributed by atoms with E-state index in [4.69, 9.17) is 4.42 Å². The molecule has 7 heteroatoms. The summed E-state index contributed by atoms with van der Waals surface area (Å²) in [5.41, 5.74) is 2.76. The molecule has 6 nitrogen and oxygen atoms in total. The Morgan fingerprint density at radius 1 is 1.20 bits per heavy atom. The minimum atomic E-state index is -0.122. The highest BCUT2D eigenvalue weighted by Gasteiger charge is 2.11. The van der Waals surface area contributed by atoms with Gasteiger partial charge in [0.2, 0.25) is 11.8 Å². The van der Waals surface area contributed by atoms with Crippen LogP contribution in [0.5, 0.6) is 0 Å². The molecule has 1 aromatic carbocycles. The number of carbonyl (C=O) groups excluding carboxylic acids is 1. The Bertz CT molecular complexity index is 832. The Hall–Kier alpha value is -2.67. The molecule has 0 fully saturated rings. The third-order valence-corrected chi connectivity index (χ3v) is 4.32. The van der Waals surface area contributed by atoms with Gasteiger partial charge in [-0.1, -0.05) is 37.7 Å². The summed E-state index contributed by atoms with van der Waals surface area (Å²) in [5, 5.41) is 11.1. The number of rotatable bonds is 6. The van der Waals surface area contributed by atoms with Gasteiger partial charge in [0.15, 0.2) is 0 Å². The van der Waals surface area contributed by atoms with Crippen molar-refractivity contribution in [1.29, 1.82) is 0 Å². The van der Waals surface area contributed by atoms with Gasteiger partial charge in [0.25, 0.3) is 5.22 Å². The number of hydrogen-bond acceptors (Lipinski definition) is 6. The summed E-state index contributed by atoms with van der Waals surface area (Å²) in [5.74, 6) is 0.927. The number of nitrogens with zero attached hydrogens (tertiary/aromatic N) is 3. The standard InChI is InChI=1S/C18H18N4O2S/c1-12(2)13-5-7-15(8-6-13)20-16(23)11-25-18-22-21-17(24-18)14-4-3-9-19-10-14/h3-10,12H,11H2,1-2H3,(H,20,23). The smallest absolute Gasteiger partial charge is 0.277 e. The number of aromatic nitrogens is 3. The minimum absolute atomic E-state index is 0.122. The average molecular weight is 354 g/mol. The number of nitrogens with one attached hydrogen (secondary N) is 1. The first kappa shape index (κ1) is 17.2. The quantitative estimate of drug-likeness (QED) is 0.674. The van der Waals surface area contributed by atoms with E-state index in [0.717, 1.165) is 11.3 Å². The fraction of sp³-hybridized carbons (Fsp3) is 0.222. The Labute approximate surface area is 150 Å². The minimum Gasteiger partial charge on any atom is -0.411 e. The third kappa shape index (κ3) is 4.67. The Morgan fingerprint density at radius 2 is 2.00 bits per heavy atom. The molecule has 2 aromatic heterocycles. The molecule has 128 valence electrons. The third-order valence-electron chi connectivity index (χ3n) is 3.50. The van der Waals surface area contributed by atoms with E-state index in [1.54, 1.807) is 18.5 Å². The van der Waals surface area contributed by atoms with Gasteiger partial charge in [-0.25, -0.2) is 0 Å². The summed E-state index contributed by atoms with van der Waals surface area (Å²) < 4.78 is 5.53. The molecule has 1 amide bonds. The largest absolute Gasteiger partial charge is 0.411 e.